The fraction of sp³-hybridized carbons (Fsp3) is 0.385. The van der Waals surface area contributed by atoms with Crippen LogP contribution in [0.5, 0.6) is 11.6 Å². The molecule has 22 heavy (non-hydrogen) atoms. The largest absolute Gasteiger partial charge is 0.495 e. The van der Waals surface area contributed by atoms with Gasteiger partial charge in [-0.1, -0.05) is 12.1 Å². The van der Waals surface area contributed by atoms with E-state index in [1.807, 2.05) is 0 Å². The third kappa shape index (κ3) is 2.92. The number of rotatable bonds is 5. The zero-order valence-electron chi connectivity index (χ0n) is 11.9. The first-order valence-electron chi connectivity index (χ1n) is 6.68. The number of hydrogen-bond donors (Lipinski definition) is 0. The number of nitrogens with zero attached hydrogens (tertiary/aromatic N) is 3. The van der Waals surface area contributed by atoms with Gasteiger partial charge in [-0.2, -0.15) is 8.68 Å². The standard InChI is InChI=1S/C13H15N3O4S2/c1-19-11-4-2-3-5-12(11)22(17,18)16-7-6-10(9-16)20-13-8-14-21-15-13/h2-5,8,10H,6-7,9H2,1H3. The molecule has 7 nitrogen and oxygen atoms in total. The molecule has 3 rings (SSSR count). The van der Waals surface area contributed by atoms with Crippen LogP contribution in [0, 0.1) is 0 Å². The van der Waals surface area contributed by atoms with Gasteiger partial charge >= 0.3 is 0 Å². The first kappa shape index (κ1) is 15.2. The smallest absolute Gasteiger partial charge is 0.246 e. The van der Waals surface area contributed by atoms with Crippen LogP contribution in [-0.4, -0.2) is 47.8 Å². The number of para-hydroxylation sites is 1. The van der Waals surface area contributed by atoms with Gasteiger partial charge in [0, 0.05) is 6.54 Å². The summed E-state index contributed by atoms with van der Waals surface area (Å²) in [6, 6.07) is 6.61. The van der Waals surface area contributed by atoms with Crippen molar-refractivity contribution < 1.29 is 17.9 Å². The van der Waals surface area contributed by atoms with Crippen molar-refractivity contribution in [2.75, 3.05) is 20.2 Å². The molecule has 1 saturated heterocycles. The number of methoxy groups -OCH3 is 1. The second kappa shape index (κ2) is 6.19. The molecule has 0 saturated carbocycles. The summed E-state index contributed by atoms with van der Waals surface area (Å²) in [6.45, 7) is 0.695. The zero-order valence-corrected chi connectivity index (χ0v) is 13.5. The summed E-state index contributed by atoms with van der Waals surface area (Å²) in [7, 11) is -2.14. The quantitative estimate of drug-likeness (QED) is 0.817. The lowest BCUT2D eigenvalue weighted by Crippen LogP contribution is -2.31. The summed E-state index contributed by atoms with van der Waals surface area (Å²) in [5.74, 6) is 0.780. The molecule has 0 radical (unpaired) electrons. The van der Waals surface area contributed by atoms with Crippen LogP contribution in [0.3, 0.4) is 0 Å². The molecule has 1 aliphatic rings. The Hall–Kier alpha value is -1.71. The molecule has 1 atom stereocenters. The van der Waals surface area contributed by atoms with E-state index in [0.717, 1.165) is 11.7 Å². The van der Waals surface area contributed by atoms with Crippen molar-refractivity contribution in [2.24, 2.45) is 0 Å². The van der Waals surface area contributed by atoms with Crippen LogP contribution in [0.4, 0.5) is 0 Å². The van der Waals surface area contributed by atoms with Gasteiger partial charge in [0.15, 0.2) is 0 Å². The molecular formula is C13H15N3O4S2. The highest BCUT2D eigenvalue weighted by Gasteiger charge is 2.35. The summed E-state index contributed by atoms with van der Waals surface area (Å²) >= 11 is 1.06. The molecule has 1 unspecified atom stereocenters. The maximum absolute atomic E-state index is 12.7. The van der Waals surface area contributed by atoms with Gasteiger partial charge in [0.05, 0.1) is 25.4 Å². The molecule has 0 aliphatic carbocycles. The van der Waals surface area contributed by atoms with Crippen molar-refractivity contribution in [3.05, 3.63) is 30.5 Å². The van der Waals surface area contributed by atoms with Gasteiger partial charge in [0.25, 0.3) is 0 Å². The molecule has 1 aliphatic heterocycles. The predicted molar refractivity (Wildman–Crippen MR) is 80.7 cm³/mol. The Kier molecular flexibility index (Phi) is 4.27. The Morgan fingerprint density at radius 3 is 2.91 bits per heavy atom. The zero-order chi connectivity index (χ0) is 15.6. The van der Waals surface area contributed by atoms with Crippen molar-refractivity contribution in [1.82, 2.24) is 13.1 Å². The Morgan fingerprint density at radius 2 is 2.18 bits per heavy atom. The van der Waals surface area contributed by atoms with E-state index in [9.17, 15) is 8.42 Å². The fourth-order valence-corrected chi connectivity index (χ4v) is 4.36. The van der Waals surface area contributed by atoms with Gasteiger partial charge < -0.3 is 9.47 Å². The van der Waals surface area contributed by atoms with E-state index in [-0.39, 0.29) is 17.5 Å². The second-order valence-corrected chi connectivity index (χ2v) is 7.25. The first-order valence-corrected chi connectivity index (χ1v) is 8.85. The minimum absolute atomic E-state index is 0.175. The monoisotopic (exact) mass is 341 g/mol. The average molecular weight is 341 g/mol. The average Bonchev–Trinajstić information content (AvgIpc) is 3.19. The molecule has 0 amide bonds. The molecule has 1 aromatic carbocycles. The molecule has 118 valence electrons. The summed E-state index contributed by atoms with van der Waals surface area (Å²) in [5, 5.41) is 0. The van der Waals surface area contributed by atoms with Crippen LogP contribution in [0.15, 0.2) is 35.4 Å². The van der Waals surface area contributed by atoms with E-state index in [2.05, 4.69) is 8.75 Å². The highest BCUT2D eigenvalue weighted by Crippen LogP contribution is 2.29. The van der Waals surface area contributed by atoms with Crippen LogP contribution in [-0.2, 0) is 10.0 Å². The van der Waals surface area contributed by atoms with Gasteiger partial charge in [-0.15, -0.1) is 4.37 Å². The summed E-state index contributed by atoms with van der Waals surface area (Å²) in [5.41, 5.74) is 0. The van der Waals surface area contributed by atoms with Crippen LogP contribution in [0.2, 0.25) is 0 Å². The fourth-order valence-electron chi connectivity index (χ4n) is 2.36. The molecule has 0 spiro atoms. The molecule has 2 aromatic rings. The van der Waals surface area contributed by atoms with E-state index in [0.29, 0.717) is 24.6 Å². The number of hydrogen-bond acceptors (Lipinski definition) is 7. The van der Waals surface area contributed by atoms with Crippen LogP contribution in [0.1, 0.15) is 6.42 Å². The normalized spacial score (nSPS) is 19.2. The number of aromatic nitrogens is 2. The summed E-state index contributed by atoms with van der Waals surface area (Å²) < 4.78 is 45.5. The molecule has 1 aromatic heterocycles. The van der Waals surface area contributed by atoms with E-state index >= 15 is 0 Å². The van der Waals surface area contributed by atoms with Crippen molar-refractivity contribution in [3.8, 4) is 11.6 Å². The SMILES string of the molecule is COc1ccccc1S(=O)(=O)N1CCC(Oc2cnsn2)C1. The maximum Gasteiger partial charge on any atom is 0.246 e. The second-order valence-electron chi connectivity index (χ2n) is 4.79. The molecule has 2 heterocycles. The minimum Gasteiger partial charge on any atom is -0.495 e. The molecular weight excluding hydrogens is 326 g/mol. The van der Waals surface area contributed by atoms with E-state index in [1.165, 1.54) is 17.6 Å². The molecule has 0 bridgehead atoms. The Bertz CT molecular complexity index is 734. The number of benzene rings is 1. The van der Waals surface area contributed by atoms with Crippen LogP contribution in [0.25, 0.3) is 0 Å². The van der Waals surface area contributed by atoms with Crippen molar-refractivity contribution >= 4 is 21.8 Å². The highest BCUT2D eigenvalue weighted by molar-refractivity contribution is 7.89. The Morgan fingerprint density at radius 1 is 1.36 bits per heavy atom. The first-order chi connectivity index (χ1) is 10.6. The van der Waals surface area contributed by atoms with Gasteiger partial charge in [-0.25, -0.2) is 8.42 Å². The maximum atomic E-state index is 12.7. The van der Waals surface area contributed by atoms with Crippen LogP contribution >= 0.6 is 11.7 Å². The highest BCUT2D eigenvalue weighted by atomic mass is 32.2. The molecule has 1 fully saturated rings. The van der Waals surface area contributed by atoms with Crippen molar-refractivity contribution in [3.63, 3.8) is 0 Å². The van der Waals surface area contributed by atoms with Gasteiger partial charge in [-0.05, 0) is 18.6 Å². The van der Waals surface area contributed by atoms with Crippen LogP contribution < -0.4 is 9.47 Å². The Labute approximate surface area is 132 Å². The summed E-state index contributed by atoms with van der Waals surface area (Å²) in [6.07, 6.45) is 1.93. The van der Waals surface area contributed by atoms with E-state index in [1.54, 1.807) is 24.3 Å². The lowest BCUT2D eigenvalue weighted by Gasteiger charge is -2.18. The van der Waals surface area contributed by atoms with Gasteiger partial charge in [0.2, 0.25) is 15.9 Å². The van der Waals surface area contributed by atoms with Gasteiger partial charge in [-0.3, -0.25) is 0 Å². The lowest BCUT2D eigenvalue weighted by molar-refractivity contribution is 0.208. The third-order valence-electron chi connectivity index (χ3n) is 3.42. The molecule has 9 heteroatoms. The number of sulfonamides is 1. The number of ether oxygens (including phenoxy) is 2. The third-order valence-corrected chi connectivity index (χ3v) is 5.79. The summed E-state index contributed by atoms with van der Waals surface area (Å²) in [4.78, 5) is 0.175. The lowest BCUT2D eigenvalue weighted by atomic mass is 10.3. The minimum atomic E-state index is -3.60. The molecule has 0 N–H and O–H groups in total. The van der Waals surface area contributed by atoms with Crippen molar-refractivity contribution in [1.29, 1.82) is 0 Å². The van der Waals surface area contributed by atoms with E-state index in [4.69, 9.17) is 9.47 Å². The van der Waals surface area contributed by atoms with Crippen molar-refractivity contribution in [2.45, 2.75) is 17.4 Å². The van der Waals surface area contributed by atoms with Gasteiger partial charge in [0.1, 0.15) is 22.9 Å². The Balaban J connectivity index is 1.76. The van der Waals surface area contributed by atoms with E-state index < -0.39 is 10.0 Å². The predicted octanol–water partition coefficient (Wildman–Crippen LogP) is 1.39. The topological polar surface area (TPSA) is 81.6 Å².